The molecule has 1 N–H and O–H groups in total. The number of nitrogens with zero attached hydrogens (tertiary/aromatic N) is 2. The van der Waals surface area contributed by atoms with Gasteiger partial charge in [0.2, 0.25) is 0 Å². The fourth-order valence-electron chi connectivity index (χ4n) is 2.86. The lowest BCUT2D eigenvalue weighted by Gasteiger charge is -2.22. The van der Waals surface area contributed by atoms with Crippen molar-refractivity contribution < 1.29 is 9.59 Å². The van der Waals surface area contributed by atoms with Gasteiger partial charge in [0, 0.05) is 46.9 Å². The first-order chi connectivity index (χ1) is 12.5. The minimum atomic E-state index is -0.163. The van der Waals surface area contributed by atoms with Crippen LogP contribution in [0.25, 0.3) is 0 Å². The van der Waals surface area contributed by atoms with Gasteiger partial charge in [-0.1, -0.05) is 33.6 Å². The number of carbonyl (C=O) groups is 2. The van der Waals surface area contributed by atoms with Crippen LogP contribution in [-0.2, 0) is 0 Å². The summed E-state index contributed by atoms with van der Waals surface area (Å²) in [7, 11) is 0. The summed E-state index contributed by atoms with van der Waals surface area (Å²) in [6, 6.07) is 14.2. The van der Waals surface area contributed by atoms with Gasteiger partial charge in [-0.05, 0) is 48.9 Å². The zero-order valence-corrected chi connectivity index (χ0v) is 16.5. The molecule has 7 heteroatoms. The number of urea groups is 1. The molecule has 2 aromatic rings. The quantitative estimate of drug-likeness (QED) is 0.754. The maximum Gasteiger partial charge on any atom is 0.321 e. The van der Waals surface area contributed by atoms with E-state index >= 15 is 0 Å². The molecule has 1 heterocycles. The van der Waals surface area contributed by atoms with E-state index in [0.29, 0.717) is 42.5 Å². The third-order valence-electron chi connectivity index (χ3n) is 4.24. The van der Waals surface area contributed by atoms with Crippen molar-refractivity contribution in [2.75, 3.05) is 31.5 Å². The number of benzene rings is 2. The van der Waals surface area contributed by atoms with Crippen LogP contribution >= 0.6 is 27.5 Å². The van der Waals surface area contributed by atoms with Gasteiger partial charge in [-0.15, -0.1) is 0 Å². The normalized spacial score (nSPS) is 14.7. The van der Waals surface area contributed by atoms with Gasteiger partial charge in [0.15, 0.2) is 0 Å². The van der Waals surface area contributed by atoms with E-state index in [1.54, 1.807) is 34.1 Å². The van der Waals surface area contributed by atoms with Gasteiger partial charge in [0.1, 0.15) is 0 Å². The Hall–Kier alpha value is -2.05. The predicted molar refractivity (Wildman–Crippen MR) is 107 cm³/mol. The lowest BCUT2D eigenvalue weighted by molar-refractivity contribution is 0.0762. The number of carbonyl (C=O) groups excluding carboxylic acids is 2. The average Bonchev–Trinajstić information content (AvgIpc) is 2.89. The van der Waals surface area contributed by atoms with Crippen LogP contribution in [0, 0.1) is 0 Å². The average molecular weight is 437 g/mol. The molecule has 0 unspecified atom stereocenters. The largest absolute Gasteiger partial charge is 0.337 e. The monoisotopic (exact) mass is 435 g/mol. The molecule has 0 atom stereocenters. The highest BCUT2D eigenvalue weighted by molar-refractivity contribution is 9.10. The molecular weight excluding hydrogens is 418 g/mol. The fourth-order valence-corrected chi connectivity index (χ4v) is 3.39. The summed E-state index contributed by atoms with van der Waals surface area (Å²) >= 11 is 9.26. The molecule has 0 saturated carbocycles. The van der Waals surface area contributed by atoms with Crippen molar-refractivity contribution in [2.24, 2.45) is 0 Å². The highest BCUT2D eigenvalue weighted by atomic mass is 79.9. The zero-order chi connectivity index (χ0) is 18.5. The Morgan fingerprint density at radius 1 is 0.962 bits per heavy atom. The molecule has 0 spiro atoms. The lowest BCUT2D eigenvalue weighted by Crippen LogP contribution is -2.39. The Kier molecular flexibility index (Phi) is 6.16. The molecule has 5 nitrogen and oxygen atoms in total. The van der Waals surface area contributed by atoms with E-state index in [1.165, 1.54) is 0 Å². The first-order valence-electron chi connectivity index (χ1n) is 8.39. The van der Waals surface area contributed by atoms with Crippen molar-refractivity contribution in [3.8, 4) is 0 Å². The number of amides is 3. The number of hydrogen-bond acceptors (Lipinski definition) is 2. The first kappa shape index (κ1) is 18.7. The van der Waals surface area contributed by atoms with Crippen LogP contribution in [0.1, 0.15) is 16.8 Å². The van der Waals surface area contributed by atoms with Gasteiger partial charge in [0.25, 0.3) is 5.91 Å². The predicted octanol–water partition coefficient (Wildman–Crippen LogP) is 4.48. The number of hydrogen-bond donors (Lipinski definition) is 1. The summed E-state index contributed by atoms with van der Waals surface area (Å²) in [6.45, 7) is 2.26. The number of anilines is 1. The summed E-state index contributed by atoms with van der Waals surface area (Å²) in [5, 5.41) is 3.49. The molecule has 3 rings (SSSR count). The minimum Gasteiger partial charge on any atom is -0.337 e. The summed E-state index contributed by atoms with van der Waals surface area (Å²) in [5.74, 6) is -0.00809. The third kappa shape index (κ3) is 4.77. The maximum atomic E-state index is 12.7. The highest BCUT2D eigenvalue weighted by Crippen LogP contribution is 2.16. The zero-order valence-electron chi connectivity index (χ0n) is 14.1. The Morgan fingerprint density at radius 2 is 1.65 bits per heavy atom. The van der Waals surface area contributed by atoms with E-state index in [2.05, 4.69) is 21.2 Å². The van der Waals surface area contributed by atoms with E-state index in [-0.39, 0.29) is 11.9 Å². The lowest BCUT2D eigenvalue weighted by atomic mass is 10.2. The Labute approximate surface area is 166 Å². The molecule has 1 aliphatic heterocycles. The van der Waals surface area contributed by atoms with Crippen molar-refractivity contribution in [1.82, 2.24) is 9.80 Å². The van der Waals surface area contributed by atoms with Crippen molar-refractivity contribution in [3.05, 3.63) is 63.6 Å². The number of rotatable bonds is 2. The Morgan fingerprint density at radius 3 is 2.38 bits per heavy atom. The smallest absolute Gasteiger partial charge is 0.321 e. The van der Waals surface area contributed by atoms with Crippen LogP contribution in [0.15, 0.2) is 53.0 Å². The van der Waals surface area contributed by atoms with E-state index in [1.807, 2.05) is 24.3 Å². The number of halogens is 2. The highest BCUT2D eigenvalue weighted by Gasteiger charge is 2.23. The van der Waals surface area contributed by atoms with Crippen LogP contribution in [0.4, 0.5) is 10.5 Å². The topological polar surface area (TPSA) is 52.7 Å². The summed E-state index contributed by atoms with van der Waals surface area (Å²) in [6.07, 6.45) is 0.744. The van der Waals surface area contributed by atoms with Gasteiger partial charge >= 0.3 is 6.03 Å². The molecule has 0 aromatic heterocycles. The van der Waals surface area contributed by atoms with Crippen molar-refractivity contribution >= 4 is 45.2 Å². The minimum absolute atomic E-state index is 0.00809. The van der Waals surface area contributed by atoms with Gasteiger partial charge in [0.05, 0.1) is 0 Å². The maximum absolute atomic E-state index is 12.7. The molecule has 1 fully saturated rings. The molecule has 1 aliphatic rings. The van der Waals surface area contributed by atoms with E-state index in [9.17, 15) is 9.59 Å². The molecule has 0 bridgehead atoms. The SMILES string of the molecule is O=C(Nc1ccc(Cl)cc1)N1CCCN(C(=O)c2cccc(Br)c2)CC1. The molecule has 0 radical (unpaired) electrons. The van der Waals surface area contributed by atoms with Crippen LogP contribution in [0.2, 0.25) is 5.02 Å². The van der Waals surface area contributed by atoms with Crippen LogP contribution in [0.3, 0.4) is 0 Å². The summed E-state index contributed by atoms with van der Waals surface area (Å²) in [5.41, 5.74) is 1.35. The van der Waals surface area contributed by atoms with Gasteiger partial charge in [-0.2, -0.15) is 0 Å². The first-order valence-corrected chi connectivity index (χ1v) is 9.56. The standard InChI is InChI=1S/C19H19BrClN3O2/c20-15-4-1-3-14(13-15)18(25)23-9-2-10-24(12-11-23)19(26)22-17-7-5-16(21)6-8-17/h1,3-8,13H,2,9-12H2,(H,22,26). The molecule has 1 saturated heterocycles. The second-order valence-corrected chi connectivity index (χ2v) is 7.43. The Bertz CT molecular complexity index is 798. The second-order valence-electron chi connectivity index (χ2n) is 6.08. The summed E-state index contributed by atoms with van der Waals surface area (Å²) < 4.78 is 0.877. The van der Waals surface area contributed by atoms with Crippen molar-refractivity contribution in [3.63, 3.8) is 0 Å². The Balaban J connectivity index is 1.59. The van der Waals surface area contributed by atoms with Crippen LogP contribution < -0.4 is 5.32 Å². The van der Waals surface area contributed by atoms with Crippen LogP contribution in [-0.4, -0.2) is 47.9 Å². The van der Waals surface area contributed by atoms with Gasteiger partial charge in [-0.25, -0.2) is 4.79 Å². The van der Waals surface area contributed by atoms with Crippen LogP contribution in [0.5, 0.6) is 0 Å². The molecule has 136 valence electrons. The molecule has 3 amide bonds. The van der Waals surface area contributed by atoms with Gasteiger partial charge in [-0.3, -0.25) is 4.79 Å². The molecule has 26 heavy (non-hydrogen) atoms. The summed E-state index contributed by atoms with van der Waals surface area (Å²) in [4.78, 5) is 28.7. The van der Waals surface area contributed by atoms with E-state index in [4.69, 9.17) is 11.6 Å². The fraction of sp³-hybridized carbons (Fsp3) is 0.263. The van der Waals surface area contributed by atoms with Crippen molar-refractivity contribution in [1.29, 1.82) is 0 Å². The van der Waals surface area contributed by atoms with E-state index in [0.717, 1.165) is 10.9 Å². The molecular formula is C19H19BrClN3O2. The molecule has 2 aromatic carbocycles. The number of nitrogens with one attached hydrogen (secondary N) is 1. The molecule has 0 aliphatic carbocycles. The van der Waals surface area contributed by atoms with Gasteiger partial charge < -0.3 is 15.1 Å². The third-order valence-corrected chi connectivity index (χ3v) is 4.98. The van der Waals surface area contributed by atoms with Crippen molar-refractivity contribution in [2.45, 2.75) is 6.42 Å². The van der Waals surface area contributed by atoms with E-state index < -0.39 is 0 Å². The second kappa shape index (κ2) is 8.56.